The van der Waals surface area contributed by atoms with Crippen LogP contribution in [-0.2, 0) is 4.79 Å². The van der Waals surface area contributed by atoms with Crippen molar-refractivity contribution in [3.05, 3.63) is 30.3 Å². The fraction of sp³-hybridized carbons (Fsp3) is 0.500. The molecule has 0 radical (unpaired) electrons. The average Bonchev–Trinajstić information content (AvgIpc) is 3.20. The molecule has 0 bridgehead atoms. The Morgan fingerprint density at radius 1 is 1.44 bits per heavy atom. The summed E-state index contributed by atoms with van der Waals surface area (Å²) in [7, 11) is 0. The van der Waals surface area contributed by atoms with Gasteiger partial charge in [-0.05, 0) is 31.9 Å². The van der Waals surface area contributed by atoms with E-state index in [4.69, 9.17) is 5.11 Å². The number of anilines is 1. The lowest BCUT2D eigenvalue weighted by atomic mass is 10.2. The number of hydrogen-bond donors (Lipinski definition) is 2. The monoisotopic (exact) mass is 248 g/mol. The molecule has 4 nitrogen and oxygen atoms in total. The van der Waals surface area contributed by atoms with Crippen molar-refractivity contribution in [3.63, 3.8) is 0 Å². The lowest BCUT2D eigenvalue weighted by Gasteiger charge is -2.27. The van der Waals surface area contributed by atoms with Gasteiger partial charge in [-0.1, -0.05) is 18.2 Å². The minimum atomic E-state index is -0.204. The highest BCUT2D eigenvalue weighted by atomic mass is 16.3. The van der Waals surface area contributed by atoms with E-state index in [9.17, 15) is 4.79 Å². The molecule has 1 aromatic rings. The number of para-hydroxylation sites is 1. The second-order valence-corrected chi connectivity index (χ2v) is 4.72. The molecule has 0 saturated heterocycles. The van der Waals surface area contributed by atoms with Crippen LogP contribution in [0.2, 0.25) is 0 Å². The maximum atomic E-state index is 12.1. The second-order valence-electron chi connectivity index (χ2n) is 4.72. The molecule has 1 amide bonds. The van der Waals surface area contributed by atoms with Crippen molar-refractivity contribution in [1.82, 2.24) is 4.90 Å². The van der Waals surface area contributed by atoms with Gasteiger partial charge in [-0.15, -0.1) is 0 Å². The number of nitrogens with zero attached hydrogens (tertiary/aromatic N) is 1. The molecule has 1 fully saturated rings. The van der Waals surface area contributed by atoms with E-state index < -0.39 is 0 Å². The quantitative estimate of drug-likeness (QED) is 0.801. The minimum absolute atomic E-state index is 0.0125. The van der Waals surface area contributed by atoms with Crippen LogP contribution < -0.4 is 5.32 Å². The Morgan fingerprint density at radius 3 is 2.67 bits per heavy atom. The smallest absolute Gasteiger partial charge is 0.241 e. The number of aliphatic hydroxyl groups is 1. The van der Waals surface area contributed by atoms with Crippen LogP contribution in [0.1, 0.15) is 19.8 Å². The number of amides is 1. The second kappa shape index (κ2) is 5.98. The number of nitrogens with one attached hydrogen (secondary N) is 1. The molecule has 0 spiro atoms. The zero-order valence-electron chi connectivity index (χ0n) is 10.7. The van der Waals surface area contributed by atoms with E-state index in [1.807, 2.05) is 37.3 Å². The van der Waals surface area contributed by atoms with Crippen molar-refractivity contribution in [2.24, 2.45) is 0 Å². The predicted octanol–water partition coefficient (Wildman–Crippen LogP) is 1.47. The first-order valence-electron chi connectivity index (χ1n) is 6.45. The van der Waals surface area contributed by atoms with Crippen molar-refractivity contribution in [2.45, 2.75) is 31.8 Å². The summed E-state index contributed by atoms with van der Waals surface area (Å²) in [6.07, 6.45) is 2.26. The Labute approximate surface area is 108 Å². The number of benzene rings is 1. The van der Waals surface area contributed by atoms with Gasteiger partial charge in [-0.3, -0.25) is 9.69 Å². The summed E-state index contributed by atoms with van der Waals surface area (Å²) in [6, 6.07) is 9.72. The van der Waals surface area contributed by atoms with Crippen LogP contribution in [0.5, 0.6) is 0 Å². The third-order valence-corrected chi connectivity index (χ3v) is 3.29. The van der Waals surface area contributed by atoms with E-state index in [1.165, 1.54) is 0 Å². The molecule has 0 heterocycles. The van der Waals surface area contributed by atoms with Crippen LogP contribution in [0, 0.1) is 0 Å². The highest BCUT2D eigenvalue weighted by Gasteiger charge is 2.34. The molecular formula is C14H20N2O2. The van der Waals surface area contributed by atoms with Gasteiger partial charge in [0.2, 0.25) is 5.91 Å². The number of carbonyl (C=O) groups is 1. The van der Waals surface area contributed by atoms with Crippen LogP contribution in [-0.4, -0.2) is 41.1 Å². The fourth-order valence-corrected chi connectivity index (χ4v) is 2.13. The Kier molecular flexibility index (Phi) is 4.33. The average molecular weight is 248 g/mol. The molecule has 4 heteroatoms. The van der Waals surface area contributed by atoms with Crippen molar-refractivity contribution in [1.29, 1.82) is 0 Å². The van der Waals surface area contributed by atoms with Crippen LogP contribution in [0.3, 0.4) is 0 Å². The molecule has 1 atom stereocenters. The Balaban J connectivity index is 1.94. The van der Waals surface area contributed by atoms with Gasteiger partial charge in [-0.2, -0.15) is 0 Å². The zero-order valence-corrected chi connectivity index (χ0v) is 10.7. The summed E-state index contributed by atoms with van der Waals surface area (Å²) in [5.74, 6) is -0.0125. The van der Waals surface area contributed by atoms with Gasteiger partial charge in [0, 0.05) is 18.3 Å². The van der Waals surface area contributed by atoms with E-state index in [0.29, 0.717) is 12.6 Å². The summed E-state index contributed by atoms with van der Waals surface area (Å²) in [6.45, 7) is 2.56. The molecule has 1 aliphatic carbocycles. The molecule has 2 N–H and O–H groups in total. The van der Waals surface area contributed by atoms with E-state index in [1.54, 1.807) is 0 Å². The van der Waals surface area contributed by atoms with Gasteiger partial charge in [0.1, 0.15) is 0 Å². The van der Waals surface area contributed by atoms with Gasteiger partial charge in [0.05, 0.1) is 12.6 Å². The van der Waals surface area contributed by atoms with E-state index >= 15 is 0 Å². The lowest BCUT2D eigenvalue weighted by Crippen LogP contribution is -2.44. The minimum Gasteiger partial charge on any atom is -0.395 e. The zero-order chi connectivity index (χ0) is 13.0. The normalized spacial score (nSPS) is 16.6. The van der Waals surface area contributed by atoms with Crippen LogP contribution in [0.25, 0.3) is 0 Å². The molecule has 1 unspecified atom stereocenters. The van der Waals surface area contributed by atoms with Gasteiger partial charge in [0.25, 0.3) is 0 Å². The van der Waals surface area contributed by atoms with Crippen LogP contribution in [0.4, 0.5) is 5.69 Å². The first-order chi connectivity index (χ1) is 8.72. The van der Waals surface area contributed by atoms with Gasteiger partial charge >= 0.3 is 0 Å². The molecule has 1 saturated carbocycles. The Morgan fingerprint density at radius 2 is 2.11 bits per heavy atom. The number of carbonyl (C=O) groups excluding carboxylic acids is 1. The first kappa shape index (κ1) is 13.1. The van der Waals surface area contributed by atoms with Gasteiger partial charge in [-0.25, -0.2) is 0 Å². The van der Waals surface area contributed by atoms with E-state index in [2.05, 4.69) is 10.2 Å². The molecule has 2 rings (SSSR count). The molecule has 1 aliphatic rings. The summed E-state index contributed by atoms with van der Waals surface area (Å²) in [5.41, 5.74) is 0.814. The van der Waals surface area contributed by atoms with Crippen molar-refractivity contribution >= 4 is 11.6 Å². The number of rotatable bonds is 6. The molecule has 18 heavy (non-hydrogen) atoms. The standard InChI is InChI=1S/C14H20N2O2/c1-11(16(9-10-17)13-7-8-13)14(18)15-12-5-3-2-4-6-12/h2-6,11,13,17H,7-10H2,1H3,(H,15,18). The first-order valence-corrected chi connectivity index (χ1v) is 6.45. The maximum Gasteiger partial charge on any atom is 0.241 e. The fourth-order valence-electron chi connectivity index (χ4n) is 2.13. The summed E-state index contributed by atoms with van der Waals surface area (Å²) in [5, 5.41) is 12.0. The van der Waals surface area contributed by atoms with Crippen LogP contribution in [0.15, 0.2) is 30.3 Å². The highest BCUT2D eigenvalue weighted by molar-refractivity contribution is 5.94. The number of aliphatic hydroxyl groups excluding tert-OH is 1. The Bertz CT molecular complexity index is 390. The molecule has 1 aromatic carbocycles. The van der Waals surface area contributed by atoms with E-state index in [0.717, 1.165) is 18.5 Å². The number of hydrogen-bond acceptors (Lipinski definition) is 3. The lowest BCUT2D eigenvalue weighted by molar-refractivity contribution is -0.121. The summed E-state index contributed by atoms with van der Waals surface area (Å²) < 4.78 is 0. The van der Waals surface area contributed by atoms with Crippen molar-refractivity contribution < 1.29 is 9.90 Å². The third-order valence-electron chi connectivity index (χ3n) is 3.29. The topological polar surface area (TPSA) is 52.6 Å². The van der Waals surface area contributed by atoms with Crippen molar-refractivity contribution in [3.8, 4) is 0 Å². The van der Waals surface area contributed by atoms with E-state index in [-0.39, 0.29) is 18.6 Å². The largest absolute Gasteiger partial charge is 0.395 e. The summed E-state index contributed by atoms with van der Waals surface area (Å²) >= 11 is 0. The maximum absolute atomic E-state index is 12.1. The van der Waals surface area contributed by atoms with Crippen molar-refractivity contribution in [2.75, 3.05) is 18.5 Å². The van der Waals surface area contributed by atoms with Gasteiger partial charge in [0.15, 0.2) is 0 Å². The SMILES string of the molecule is CC(C(=O)Nc1ccccc1)N(CCO)C1CC1. The summed E-state index contributed by atoms with van der Waals surface area (Å²) in [4.78, 5) is 14.2. The molecule has 0 aliphatic heterocycles. The predicted molar refractivity (Wildman–Crippen MR) is 71.3 cm³/mol. The Hall–Kier alpha value is -1.39. The third kappa shape index (κ3) is 3.31. The molecular weight excluding hydrogens is 228 g/mol. The molecule has 0 aromatic heterocycles. The van der Waals surface area contributed by atoms with Crippen LogP contribution >= 0.6 is 0 Å². The van der Waals surface area contributed by atoms with Gasteiger partial charge < -0.3 is 10.4 Å². The molecule has 98 valence electrons. The highest BCUT2D eigenvalue weighted by Crippen LogP contribution is 2.28.